The highest BCUT2D eigenvalue weighted by Crippen LogP contribution is 2.20. The molecule has 0 saturated carbocycles. The fraction of sp³-hybridized carbons (Fsp3) is 0.357. The van der Waals surface area contributed by atoms with Gasteiger partial charge in [0.2, 0.25) is 0 Å². The van der Waals surface area contributed by atoms with Crippen LogP contribution in [0.2, 0.25) is 5.02 Å². The average Bonchev–Trinajstić information content (AvgIpc) is 2.80. The molecule has 1 N–H and O–H groups in total. The molecule has 3 nitrogen and oxygen atoms in total. The summed E-state index contributed by atoms with van der Waals surface area (Å²) >= 11 is 5.93. The third kappa shape index (κ3) is 3.78. The van der Waals surface area contributed by atoms with Gasteiger partial charge in [0.05, 0.1) is 23.6 Å². The van der Waals surface area contributed by atoms with Crippen LogP contribution in [0.4, 0.5) is 4.39 Å². The fourth-order valence-corrected chi connectivity index (χ4v) is 1.95. The SMILES string of the molecule is CC(C)NCc1cn(Cc2cccc(F)c2Cl)cn1. The first-order valence-electron chi connectivity index (χ1n) is 6.23. The summed E-state index contributed by atoms with van der Waals surface area (Å²) in [5.41, 5.74) is 1.71. The van der Waals surface area contributed by atoms with Gasteiger partial charge in [0.1, 0.15) is 5.82 Å². The van der Waals surface area contributed by atoms with Gasteiger partial charge in [-0.1, -0.05) is 37.6 Å². The van der Waals surface area contributed by atoms with E-state index in [2.05, 4.69) is 24.1 Å². The molecule has 0 aliphatic carbocycles. The van der Waals surface area contributed by atoms with E-state index in [1.54, 1.807) is 12.4 Å². The molecule has 1 aromatic carbocycles. The molecule has 1 heterocycles. The summed E-state index contributed by atoms with van der Waals surface area (Å²) in [4.78, 5) is 4.30. The number of aromatic nitrogens is 2. The average molecular weight is 282 g/mol. The lowest BCUT2D eigenvalue weighted by Gasteiger charge is -2.06. The van der Waals surface area contributed by atoms with E-state index < -0.39 is 0 Å². The van der Waals surface area contributed by atoms with Crippen LogP contribution >= 0.6 is 11.6 Å². The molecule has 0 atom stereocenters. The second-order valence-corrected chi connectivity index (χ2v) is 5.16. The van der Waals surface area contributed by atoms with Crippen LogP contribution < -0.4 is 5.32 Å². The molecule has 2 rings (SSSR count). The Morgan fingerprint density at radius 2 is 2.21 bits per heavy atom. The molecule has 102 valence electrons. The van der Waals surface area contributed by atoms with E-state index >= 15 is 0 Å². The molecule has 0 aliphatic heterocycles. The Morgan fingerprint density at radius 3 is 2.95 bits per heavy atom. The van der Waals surface area contributed by atoms with E-state index in [9.17, 15) is 4.39 Å². The Kier molecular flexibility index (Phi) is 4.56. The smallest absolute Gasteiger partial charge is 0.142 e. The lowest BCUT2D eigenvalue weighted by Crippen LogP contribution is -2.21. The van der Waals surface area contributed by atoms with Gasteiger partial charge >= 0.3 is 0 Å². The number of hydrogen-bond acceptors (Lipinski definition) is 2. The summed E-state index contributed by atoms with van der Waals surface area (Å²) in [5, 5.41) is 3.48. The predicted octanol–water partition coefficient (Wildman–Crippen LogP) is 3.22. The first kappa shape index (κ1) is 14.0. The van der Waals surface area contributed by atoms with Crippen LogP contribution in [0.5, 0.6) is 0 Å². The third-order valence-corrected chi connectivity index (χ3v) is 3.19. The minimum Gasteiger partial charge on any atom is -0.333 e. The van der Waals surface area contributed by atoms with Crippen molar-refractivity contribution in [3.8, 4) is 0 Å². The van der Waals surface area contributed by atoms with Crippen molar-refractivity contribution in [1.82, 2.24) is 14.9 Å². The molecule has 19 heavy (non-hydrogen) atoms. The summed E-state index contributed by atoms with van der Waals surface area (Å²) in [6.45, 7) is 5.42. The van der Waals surface area contributed by atoms with E-state index in [0.29, 0.717) is 12.6 Å². The van der Waals surface area contributed by atoms with Crippen LogP contribution in [-0.4, -0.2) is 15.6 Å². The fourth-order valence-electron chi connectivity index (χ4n) is 1.76. The summed E-state index contributed by atoms with van der Waals surface area (Å²) in [6.07, 6.45) is 3.68. The molecule has 0 spiro atoms. The van der Waals surface area contributed by atoms with E-state index in [0.717, 1.165) is 17.8 Å². The molecule has 0 saturated heterocycles. The lowest BCUT2D eigenvalue weighted by atomic mass is 10.2. The molecule has 0 radical (unpaired) electrons. The number of imidazole rings is 1. The zero-order valence-corrected chi connectivity index (χ0v) is 11.8. The number of halogens is 2. The molecular formula is C14H17ClFN3. The highest BCUT2D eigenvalue weighted by Gasteiger charge is 2.07. The van der Waals surface area contributed by atoms with E-state index in [-0.39, 0.29) is 10.8 Å². The highest BCUT2D eigenvalue weighted by molar-refractivity contribution is 6.31. The van der Waals surface area contributed by atoms with Crippen molar-refractivity contribution in [3.63, 3.8) is 0 Å². The van der Waals surface area contributed by atoms with Crippen molar-refractivity contribution < 1.29 is 4.39 Å². The molecular weight excluding hydrogens is 265 g/mol. The molecule has 5 heteroatoms. The molecule has 0 bridgehead atoms. The Morgan fingerprint density at radius 1 is 1.42 bits per heavy atom. The Balaban J connectivity index is 2.05. The van der Waals surface area contributed by atoms with E-state index in [1.807, 2.05) is 16.8 Å². The van der Waals surface area contributed by atoms with Crippen LogP contribution in [0.1, 0.15) is 25.1 Å². The van der Waals surface area contributed by atoms with Crippen LogP contribution in [0.15, 0.2) is 30.7 Å². The maximum absolute atomic E-state index is 13.3. The minimum atomic E-state index is -0.388. The van der Waals surface area contributed by atoms with Crippen molar-refractivity contribution in [3.05, 3.63) is 52.8 Å². The highest BCUT2D eigenvalue weighted by atomic mass is 35.5. The number of hydrogen-bond donors (Lipinski definition) is 1. The largest absolute Gasteiger partial charge is 0.333 e. The number of nitrogens with zero attached hydrogens (tertiary/aromatic N) is 2. The molecule has 2 aromatic rings. The van der Waals surface area contributed by atoms with Gasteiger partial charge in [0.15, 0.2) is 0 Å². The van der Waals surface area contributed by atoms with Crippen LogP contribution in [0.25, 0.3) is 0 Å². The minimum absolute atomic E-state index is 0.179. The van der Waals surface area contributed by atoms with Crippen LogP contribution in [0.3, 0.4) is 0 Å². The molecule has 1 aromatic heterocycles. The monoisotopic (exact) mass is 281 g/mol. The maximum atomic E-state index is 13.3. The maximum Gasteiger partial charge on any atom is 0.142 e. The predicted molar refractivity (Wildman–Crippen MR) is 74.7 cm³/mol. The van der Waals surface area contributed by atoms with Gasteiger partial charge in [-0.3, -0.25) is 0 Å². The second kappa shape index (κ2) is 6.17. The standard InChI is InChI=1S/C14H17ClFN3/c1-10(2)17-6-12-8-19(9-18-12)7-11-4-3-5-13(16)14(11)15/h3-5,8-10,17H,6-7H2,1-2H3. The van der Waals surface area contributed by atoms with Gasteiger partial charge in [-0.25, -0.2) is 9.37 Å². The van der Waals surface area contributed by atoms with E-state index in [4.69, 9.17) is 11.6 Å². The lowest BCUT2D eigenvalue weighted by molar-refractivity contribution is 0.582. The first-order chi connectivity index (χ1) is 9.06. The second-order valence-electron chi connectivity index (χ2n) is 4.79. The van der Waals surface area contributed by atoms with Gasteiger partial charge in [-0.05, 0) is 11.6 Å². The molecule has 0 fully saturated rings. The number of benzene rings is 1. The third-order valence-electron chi connectivity index (χ3n) is 2.76. The quantitative estimate of drug-likeness (QED) is 0.912. The van der Waals surface area contributed by atoms with Crippen LogP contribution in [-0.2, 0) is 13.1 Å². The van der Waals surface area contributed by atoms with Crippen molar-refractivity contribution in [2.75, 3.05) is 0 Å². The zero-order valence-electron chi connectivity index (χ0n) is 11.0. The van der Waals surface area contributed by atoms with E-state index in [1.165, 1.54) is 6.07 Å². The normalized spacial score (nSPS) is 11.2. The Hall–Kier alpha value is -1.39. The van der Waals surface area contributed by atoms with Crippen molar-refractivity contribution in [1.29, 1.82) is 0 Å². The Bertz CT molecular complexity index is 551. The van der Waals surface area contributed by atoms with Gasteiger partial charge in [0, 0.05) is 18.8 Å². The van der Waals surface area contributed by atoms with Gasteiger partial charge in [0.25, 0.3) is 0 Å². The van der Waals surface area contributed by atoms with Crippen molar-refractivity contribution in [2.24, 2.45) is 0 Å². The summed E-state index contributed by atoms with van der Waals surface area (Å²) < 4.78 is 15.2. The summed E-state index contributed by atoms with van der Waals surface area (Å²) in [7, 11) is 0. The zero-order chi connectivity index (χ0) is 13.8. The first-order valence-corrected chi connectivity index (χ1v) is 6.61. The molecule has 0 unspecified atom stereocenters. The topological polar surface area (TPSA) is 29.9 Å². The van der Waals surface area contributed by atoms with Crippen molar-refractivity contribution in [2.45, 2.75) is 33.0 Å². The molecule has 0 aliphatic rings. The summed E-state index contributed by atoms with van der Waals surface area (Å²) in [5.74, 6) is -0.388. The van der Waals surface area contributed by atoms with Gasteiger partial charge in [-0.15, -0.1) is 0 Å². The molecule has 0 amide bonds. The summed E-state index contributed by atoms with van der Waals surface area (Å²) in [6, 6.07) is 5.26. The van der Waals surface area contributed by atoms with Gasteiger partial charge in [-0.2, -0.15) is 0 Å². The van der Waals surface area contributed by atoms with Crippen molar-refractivity contribution >= 4 is 11.6 Å². The van der Waals surface area contributed by atoms with Gasteiger partial charge < -0.3 is 9.88 Å². The number of rotatable bonds is 5. The van der Waals surface area contributed by atoms with Crippen LogP contribution in [0, 0.1) is 5.82 Å². The Labute approximate surface area is 117 Å². The number of nitrogens with one attached hydrogen (secondary N) is 1.